The van der Waals surface area contributed by atoms with E-state index in [2.05, 4.69) is 6.92 Å². The van der Waals surface area contributed by atoms with Crippen molar-refractivity contribution in [2.75, 3.05) is 6.61 Å². The third kappa shape index (κ3) is 23.9. The van der Waals surface area contributed by atoms with E-state index in [-0.39, 0.29) is 0 Å². The Hall–Kier alpha value is -0.570. The number of carbonyl (C=O) groups is 1. The van der Waals surface area contributed by atoms with Crippen LogP contribution in [0.3, 0.4) is 0 Å². The molecule has 0 radical (unpaired) electrons. The van der Waals surface area contributed by atoms with Gasteiger partial charge in [0.15, 0.2) is 6.10 Å². The Morgan fingerprint density at radius 1 is 0.548 bits per heavy atom. The average Bonchev–Trinajstić information content (AvgIpc) is 2.77. The fourth-order valence-electron chi connectivity index (χ4n) is 4.30. The molecule has 0 unspecified atom stereocenters. The van der Waals surface area contributed by atoms with Gasteiger partial charge in [0.1, 0.15) is 0 Å². The molecule has 0 rings (SSSR count). The highest BCUT2D eigenvalue weighted by atomic mass is 16.5. The Balaban J connectivity index is 3.10. The van der Waals surface area contributed by atoms with Gasteiger partial charge in [0.25, 0.3) is 0 Å². The topological polar surface area (TPSA) is 46.5 Å². The van der Waals surface area contributed by atoms with Crippen molar-refractivity contribution in [3.8, 4) is 0 Å². The molecule has 0 aromatic heterocycles. The van der Waals surface area contributed by atoms with E-state index < -0.39 is 12.1 Å². The molecule has 0 aliphatic rings. The van der Waals surface area contributed by atoms with Gasteiger partial charge in [-0.25, -0.2) is 4.79 Å². The van der Waals surface area contributed by atoms with Gasteiger partial charge in [0.2, 0.25) is 0 Å². The smallest absolute Gasteiger partial charge is 0.334 e. The Morgan fingerprint density at radius 3 is 1.13 bits per heavy atom. The average molecular weight is 441 g/mol. The zero-order valence-electron chi connectivity index (χ0n) is 21.3. The summed E-state index contributed by atoms with van der Waals surface area (Å²) in [4.78, 5) is 11.3. The summed E-state index contributed by atoms with van der Waals surface area (Å²) in [7, 11) is 0. The third-order valence-electron chi connectivity index (χ3n) is 6.39. The number of aliphatic hydroxyl groups excluding tert-OH is 1. The molecule has 0 aromatic carbocycles. The summed E-state index contributed by atoms with van der Waals surface area (Å²) in [6, 6.07) is 0. The Morgan fingerprint density at radius 2 is 0.839 bits per heavy atom. The summed E-state index contributed by atoms with van der Waals surface area (Å²) in [5, 5.41) is 9.64. The lowest BCUT2D eigenvalue weighted by Gasteiger charge is -2.09. The maximum atomic E-state index is 11.3. The van der Waals surface area contributed by atoms with E-state index in [1.807, 2.05) is 0 Å². The highest BCUT2D eigenvalue weighted by Crippen LogP contribution is 2.15. The maximum Gasteiger partial charge on any atom is 0.334 e. The molecule has 186 valence electrons. The number of hydrogen-bond donors (Lipinski definition) is 1. The van der Waals surface area contributed by atoms with Crippen molar-refractivity contribution in [2.24, 2.45) is 0 Å². The van der Waals surface area contributed by atoms with Crippen molar-refractivity contribution >= 4 is 5.97 Å². The lowest BCUT2D eigenvalue weighted by atomic mass is 10.0. The van der Waals surface area contributed by atoms with E-state index in [1.54, 1.807) is 6.92 Å². The first-order valence-electron chi connectivity index (χ1n) is 14.1. The molecule has 31 heavy (non-hydrogen) atoms. The summed E-state index contributed by atoms with van der Waals surface area (Å²) >= 11 is 0. The number of hydrogen-bond acceptors (Lipinski definition) is 3. The summed E-state index contributed by atoms with van der Waals surface area (Å²) in [5.41, 5.74) is 0. The van der Waals surface area contributed by atoms with E-state index in [9.17, 15) is 9.90 Å². The molecule has 0 aliphatic carbocycles. The summed E-state index contributed by atoms with van der Waals surface area (Å²) in [6.07, 6.45) is 29.8. The monoisotopic (exact) mass is 440 g/mol. The van der Waals surface area contributed by atoms with Crippen LogP contribution in [0, 0.1) is 0 Å². The molecule has 1 N–H and O–H groups in total. The molecule has 1 atom stereocenters. The minimum Gasteiger partial charge on any atom is -0.464 e. The van der Waals surface area contributed by atoms with Crippen LogP contribution in [-0.2, 0) is 9.53 Å². The summed E-state index contributed by atoms with van der Waals surface area (Å²) in [5.74, 6) is -0.467. The molecular weight excluding hydrogens is 384 g/mol. The van der Waals surface area contributed by atoms with Gasteiger partial charge in [-0.15, -0.1) is 0 Å². The minimum absolute atomic E-state index is 0.343. The van der Waals surface area contributed by atoms with Gasteiger partial charge >= 0.3 is 5.97 Å². The fourth-order valence-corrected chi connectivity index (χ4v) is 4.30. The van der Waals surface area contributed by atoms with Crippen LogP contribution in [-0.4, -0.2) is 23.8 Å². The van der Waals surface area contributed by atoms with Crippen molar-refractivity contribution in [1.29, 1.82) is 0 Å². The second kappa shape index (κ2) is 25.7. The van der Waals surface area contributed by atoms with Crippen molar-refractivity contribution in [2.45, 2.75) is 168 Å². The van der Waals surface area contributed by atoms with E-state index >= 15 is 0 Å². The van der Waals surface area contributed by atoms with Gasteiger partial charge in [-0.1, -0.05) is 148 Å². The molecule has 0 saturated heterocycles. The third-order valence-corrected chi connectivity index (χ3v) is 6.39. The number of rotatable bonds is 25. The summed E-state index contributed by atoms with van der Waals surface area (Å²) in [6.45, 7) is 4.40. The van der Waals surface area contributed by atoms with E-state index in [0.29, 0.717) is 13.0 Å². The number of esters is 1. The molecule has 3 heteroatoms. The van der Waals surface area contributed by atoms with Crippen LogP contribution in [0.1, 0.15) is 162 Å². The SMILES string of the molecule is CCCCCCCCCCCCCCCCCCCCCCCC[C@H](O)C(=O)OCC. The van der Waals surface area contributed by atoms with E-state index in [1.165, 1.54) is 128 Å². The predicted molar refractivity (Wildman–Crippen MR) is 135 cm³/mol. The van der Waals surface area contributed by atoms with Crippen LogP contribution < -0.4 is 0 Å². The first-order chi connectivity index (χ1) is 15.2. The highest BCUT2D eigenvalue weighted by molar-refractivity contribution is 5.74. The van der Waals surface area contributed by atoms with Crippen LogP contribution in [0.2, 0.25) is 0 Å². The second-order valence-electron chi connectivity index (χ2n) is 9.48. The first-order valence-corrected chi connectivity index (χ1v) is 14.1. The molecule has 0 aromatic rings. The zero-order valence-corrected chi connectivity index (χ0v) is 21.3. The lowest BCUT2D eigenvalue weighted by Crippen LogP contribution is -2.22. The maximum absolute atomic E-state index is 11.3. The van der Waals surface area contributed by atoms with Gasteiger partial charge in [-0.05, 0) is 13.3 Å². The Bertz CT molecular complexity index is 356. The van der Waals surface area contributed by atoms with E-state index in [0.717, 1.165) is 12.8 Å². The second-order valence-corrected chi connectivity index (χ2v) is 9.48. The van der Waals surface area contributed by atoms with Crippen molar-refractivity contribution in [3.05, 3.63) is 0 Å². The van der Waals surface area contributed by atoms with Crippen molar-refractivity contribution in [3.63, 3.8) is 0 Å². The van der Waals surface area contributed by atoms with Gasteiger partial charge in [-0.3, -0.25) is 0 Å². The van der Waals surface area contributed by atoms with Crippen molar-refractivity contribution < 1.29 is 14.6 Å². The predicted octanol–water partition coefficient (Wildman–Crippen LogP) is 8.90. The zero-order chi connectivity index (χ0) is 22.8. The quantitative estimate of drug-likeness (QED) is 0.114. The van der Waals surface area contributed by atoms with Crippen LogP contribution in [0.25, 0.3) is 0 Å². The molecule has 0 aliphatic heterocycles. The number of unbranched alkanes of at least 4 members (excludes halogenated alkanes) is 21. The molecule has 0 bridgehead atoms. The molecule has 3 nitrogen and oxygen atoms in total. The number of aliphatic hydroxyl groups is 1. The summed E-state index contributed by atoms with van der Waals surface area (Å²) < 4.78 is 4.81. The molecule has 0 spiro atoms. The minimum atomic E-state index is -0.926. The fraction of sp³-hybridized carbons (Fsp3) is 0.964. The van der Waals surface area contributed by atoms with Gasteiger partial charge < -0.3 is 9.84 Å². The molecule has 0 amide bonds. The van der Waals surface area contributed by atoms with E-state index in [4.69, 9.17) is 4.74 Å². The van der Waals surface area contributed by atoms with Crippen LogP contribution >= 0.6 is 0 Å². The highest BCUT2D eigenvalue weighted by Gasteiger charge is 2.14. The molecule has 0 fully saturated rings. The molecule has 0 heterocycles. The van der Waals surface area contributed by atoms with Gasteiger partial charge in [0.05, 0.1) is 6.61 Å². The molecular formula is C28H56O3. The molecule has 0 saturated carbocycles. The first kappa shape index (κ1) is 30.4. The Labute approximate surface area is 195 Å². The van der Waals surface area contributed by atoms with Crippen LogP contribution in [0.15, 0.2) is 0 Å². The largest absolute Gasteiger partial charge is 0.464 e. The van der Waals surface area contributed by atoms with Crippen LogP contribution in [0.5, 0.6) is 0 Å². The Kier molecular flexibility index (Phi) is 25.2. The van der Waals surface area contributed by atoms with Crippen LogP contribution in [0.4, 0.5) is 0 Å². The normalized spacial score (nSPS) is 12.2. The van der Waals surface area contributed by atoms with Crippen molar-refractivity contribution in [1.82, 2.24) is 0 Å². The number of carbonyl (C=O) groups excluding carboxylic acids is 1. The number of ether oxygens (including phenoxy) is 1. The lowest BCUT2D eigenvalue weighted by molar-refractivity contribution is -0.153. The standard InChI is InChI=1S/C28H56O3/c1-3-5-6-7-8-9-10-11-12-13-14-15-16-17-18-19-20-21-22-23-24-25-26-27(29)28(30)31-4-2/h27,29H,3-26H2,1-2H3/t27-/m0/s1. The van der Waals surface area contributed by atoms with Gasteiger partial charge in [0, 0.05) is 0 Å². The van der Waals surface area contributed by atoms with Gasteiger partial charge in [-0.2, -0.15) is 0 Å².